The highest BCUT2D eigenvalue weighted by Gasteiger charge is 2.19. The fraction of sp³-hybridized carbons (Fsp3) is 0.312. The van der Waals surface area contributed by atoms with Crippen LogP contribution in [0.5, 0.6) is 0 Å². The molecule has 3 rings (SSSR count). The molecule has 0 unspecified atom stereocenters. The van der Waals surface area contributed by atoms with Crippen molar-refractivity contribution in [2.24, 2.45) is 0 Å². The van der Waals surface area contributed by atoms with Crippen LogP contribution in [0.25, 0.3) is 6.08 Å². The zero-order chi connectivity index (χ0) is 14.5. The van der Waals surface area contributed by atoms with E-state index < -0.39 is 0 Å². The predicted molar refractivity (Wildman–Crippen MR) is 89.5 cm³/mol. The summed E-state index contributed by atoms with van der Waals surface area (Å²) in [6.07, 6.45) is 3.60. The van der Waals surface area contributed by atoms with Gasteiger partial charge in [0.15, 0.2) is 0 Å². The van der Waals surface area contributed by atoms with E-state index in [1.165, 1.54) is 5.56 Å². The van der Waals surface area contributed by atoms with Crippen LogP contribution in [0.2, 0.25) is 0 Å². The topological polar surface area (TPSA) is 23.6 Å². The number of carbonyl (C=O) groups excluding carboxylic acids is 1. The number of carbonyl (C=O) groups is 1. The first kappa shape index (κ1) is 14.5. The van der Waals surface area contributed by atoms with Gasteiger partial charge >= 0.3 is 0 Å². The molecule has 0 saturated carbocycles. The Balaban J connectivity index is 1.47. The van der Waals surface area contributed by atoms with E-state index in [1.807, 2.05) is 28.5 Å². The van der Waals surface area contributed by atoms with Crippen LogP contribution in [0.1, 0.15) is 10.4 Å². The Morgan fingerprint density at radius 3 is 2.71 bits per heavy atom. The van der Waals surface area contributed by atoms with Gasteiger partial charge < -0.3 is 4.90 Å². The van der Waals surface area contributed by atoms with Gasteiger partial charge in [-0.15, -0.1) is 11.3 Å². The summed E-state index contributed by atoms with van der Waals surface area (Å²) in [6, 6.07) is 6.19. The molecule has 0 aliphatic carbocycles. The second kappa shape index (κ2) is 7.02. The van der Waals surface area contributed by atoms with Gasteiger partial charge in [0.25, 0.3) is 0 Å². The highest BCUT2D eigenvalue weighted by atomic mass is 32.1. The Kier molecular flexibility index (Phi) is 4.85. The summed E-state index contributed by atoms with van der Waals surface area (Å²) in [5, 5.41) is 6.33. The fourth-order valence-corrected chi connectivity index (χ4v) is 3.69. The van der Waals surface area contributed by atoms with Crippen LogP contribution in [-0.4, -0.2) is 41.9 Å². The lowest BCUT2D eigenvalue weighted by atomic mass is 10.2. The number of rotatable bonds is 4. The maximum absolute atomic E-state index is 12.1. The maximum Gasteiger partial charge on any atom is 0.246 e. The molecule has 1 aliphatic heterocycles. The summed E-state index contributed by atoms with van der Waals surface area (Å²) < 4.78 is 0. The molecule has 0 spiro atoms. The SMILES string of the molecule is O=C(/C=C/c1cccs1)N1CCN(Cc2ccsc2)CC1. The van der Waals surface area contributed by atoms with E-state index in [0.29, 0.717) is 0 Å². The molecule has 5 heteroatoms. The third kappa shape index (κ3) is 4.03. The Labute approximate surface area is 133 Å². The summed E-state index contributed by atoms with van der Waals surface area (Å²) >= 11 is 3.39. The van der Waals surface area contributed by atoms with Gasteiger partial charge in [0.1, 0.15) is 0 Å². The molecule has 3 nitrogen and oxygen atoms in total. The van der Waals surface area contributed by atoms with Gasteiger partial charge in [0.05, 0.1) is 0 Å². The van der Waals surface area contributed by atoms with E-state index in [1.54, 1.807) is 28.7 Å². The minimum absolute atomic E-state index is 0.124. The van der Waals surface area contributed by atoms with E-state index in [-0.39, 0.29) is 5.91 Å². The van der Waals surface area contributed by atoms with Crippen molar-refractivity contribution in [1.29, 1.82) is 0 Å². The van der Waals surface area contributed by atoms with Crippen LogP contribution >= 0.6 is 22.7 Å². The van der Waals surface area contributed by atoms with E-state index in [4.69, 9.17) is 0 Å². The molecule has 0 atom stereocenters. The lowest BCUT2D eigenvalue weighted by Crippen LogP contribution is -2.47. The van der Waals surface area contributed by atoms with Crippen molar-refractivity contribution in [3.8, 4) is 0 Å². The summed E-state index contributed by atoms with van der Waals surface area (Å²) in [6.45, 7) is 4.54. The molecule has 1 aliphatic rings. The molecule has 0 aromatic carbocycles. The Bertz CT molecular complexity index is 582. The molecule has 21 heavy (non-hydrogen) atoms. The molecule has 0 radical (unpaired) electrons. The maximum atomic E-state index is 12.1. The van der Waals surface area contributed by atoms with Crippen LogP contribution in [0.3, 0.4) is 0 Å². The largest absolute Gasteiger partial charge is 0.337 e. The zero-order valence-corrected chi connectivity index (χ0v) is 13.4. The normalized spacial score (nSPS) is 16.7. The van der Waals surface area contributed by atoms with Crippen LogP contribution in [0.15, 0.2) is 40.4 Å². The quantitative estimate of drug-likeness (QED) is 0.809. The lowest BCUT2D eigenvalue weighted by Gasteiger charge is -2.34. The molecule has 3 heterocycles. The van der Waals surface area contributed by atoms with Crippen LogP contribution in [0.4, 0.5) is 0 Å². The molecule has 1 fully saturated rings. The minimum Gasteiger partial charge on any atom is -0.337 e. The van der Waals surface area contributed by atoms with Crippen molar-refractivity contribution >= 4 is 34.7 Å². The molecule has 2 aromatic rings. The first-order valence-corrected chi connectivity index (χ1v) is 8.87. The fourth-order valence-electron chi connectivity index (χ4n) is 2.41. The van der Waals surface area contributed by atoms with Crippen molar-refractivity contribution in [2.45, 2.75) is 6.54 Å². The van der Waals surface area contributed by atoms with Gasteiger partial charge in [0, 0.05) is 43.7 Å². The molecule has 1 saturated heterocycles. The highest BCUT2D eigenvalue weighted by molar-refractivity contribution is 7.10. The van der Waals surface area contributed by atoms with E-state index in [9.17, 15) is 4.79 Å². The van der Waals surface area contributed by atoms with Crippen molar-refractivity contribution in [1.82, 2.24) is 9.80 Å². The standard InChI is InChI=1S/C16H18N2OS2/c19-16(4-3-15-2-1-10-21-15)18-8-6-17(7-9-18)12-14-5-11-20-13-14/h1-5,10-11,13H,6-9,12H2/b4-3+. The summed E-state index contributed by atoms with van der Waals surface area (Å²) in [5.41, 5.74) is 1.37. The smallest absolute Gasteiger partial charge is 0.246 e. The van der Waals surface area contributed by atoms with Gasteiger partial charge in [-0.1, -0.05) is 6.07 Å². The molecule has 1 amide bonds. The van der Waals surface area contributed by atoms with Gasteiger partial charge in [0.2, 0.25) is 5.91 Å². The Morgan fingerprint density at radius 2 is 2.05 bits per heavy atom. The molecule has 0 N–H and O–H groups in total. The predicted octanol–water partition coefficient (Wildman–Crippen LogP) is 3.17. The van der Waals surface area contributed by atoms with Crippen molar-refractivity contribution in [3.63, 3.8) is 0 Å². The molecular formula is C16H18N2OS2. The summed E-state index contributed by atoms with van der Waals surface area (Å²) in [5.74, 6) is 0.124. The van der Waals surface area contributed by atoms with Crippen molar-refractivity contribution in [2.75, 3.05) is 26.2 Å². The molecule has 0 bridgehead atoms. The van der Waals surface area contributed by atoms with Crippen LogP contribution in [-0.2, 0) is 11.3 Å². The number of thiophene rings is 2. The average Bonchev–Trinajstić information content (AvgIpc) is 3.19. The van der Waals surface area contributed by atoms with E-state index in [2.05, 4.69) is 21.7 Å². The summed E-state index contributed by atoms with van der Waals surface area (Å²) in [7, 11) is 0. The van der Waals surface area contributed by atoms with E-state index in [0.717, 1.165) is 37.6 Å². The van der Waals surface area contributed by atoms with Crippen molar-refractivity contribution in [3.05, 3.63) is 50.9 Å². The second-order valence-corrected chi connectivity index (χ2v) is 6.84. The number of hydrogen-bond donors (Lipinski definition) is 0. The Morgan fingerprint density at radius 1 is 1.19 bits per heavy atom. The van der Waals surface area contributed by atoms with Gasteiger partial charge in [-0.3, -0.25) is 9.69 Å². The monoisotopic (exact) mass is 318 g/mol. The number of piperazine rings is 1. The van der Waals surface area contributed by atoms with Crippen LogP contribution in [0, 0.1) is 0 Å². The minimum atomic E-state index is 0.124. The number of nitrogens with zero attached hydrogens (tertiary/aromatic N) is 2. The zero-order valence-electron chi connectivity index (χ0n) is 11.8. The Hall–Kier alpha value is -1.43. The number of hydrogen-bond acceptors (Lipinski definition) is 4. The number of amides is 1. The van der Waals surface area contributed by atoms with Gasteiger partial charge in [-0.05, 0) is 39.9 Å². The highest BCUT2D eigenvalue weighted by Crippen LogP contribution is 2.13. The molecule has 110 valence electrons. The summed E-state index contributed by atoms with van der Waals surface area (Å²) in [4.78, 5) is 17.6. The molecular weight excluding hydrogens is 300 g/mol. The van der Waals surface area contributed by atoms with Crippen LogP contribution < -0.4 is 0 Å². The lowest BCUT2D eigenvalue weighted by molar-refractivity contribution is -0.127. The molecule has 2 aromatic heterocycles. The van der Waals surface area contributed by atoms with Crippen molar-refractivity contribution < 1.29 is 4.79 Å². The average molecular weight is 318 g/mol. The van der Waals surface area contributed by atoms with Gasteiger partial charge in [-0.2, -0.15) is 11.3 Å². The third-order valence-corrected chi connectivity index (χ3v) is 5.17. The first-order valence-electron chi connectivity index (χ1n) is 7.05. The first-order chi connectivity index (χ1) is 10.3. The van der Waals surface area contributed by atoms with E-state index >= 15 is 0 Å². The second-order valence-electron chi connectivity index (χ2n) is 5.08. The van der Waals surface area contributed by atoms with Gasteiger partial charge in [-0.25, -0.2) is 0 Å². The third-order valence-electron chi connectivity index (χ3n) is 3.60.